The summed E-state index contributed by atoms with van der Waals surface area (Å²) in [6.07, 6.45) is 1.28. The van der Waals surface area contributed by atoms with Crippen LogP contribution in [-0.2, 0) is 12.8 Å². The van der Waals surface area contributed by atoms with E-state index >= 15 is 0 Å². The number of hydrogen-bond donors (Lipinski definition) is 1. The summed E-state index contributed by atoms with van der Waals surface area (Å²) in [6, 6.07) is 11.3. The summed E-state index contributed by atoms with van der Waals surface area (Å²) in [7, 11) is 0. The van der Waals surface area contributed by atoms with E-state index in [9.17, 15) is 9.18 Å². The van der Waals surface area contributed by atoms with Gasteiger partial charge in [-0.25, -0.2) is 9.18 Å². The van der Waals surface area contributed by atoms with E-state index in [4.69, 9.17) is 9.84 Å². The van der Waals surface area contributed by atoms with Crippen molar-refractivity contribution in [3.63, 3.8) is 0 Å². The van der Waals surface area contributed by atoms with Crippen molar-refractivity contribution in [1.82, 2.24) is 0 Å². The molecule has 2 aromatic rings. The highest BCUT2D eigenvalue weighted by molar-refractivity contribution is 5.88. The molecule has 1 atom stereocenters. The Hall–Kier alpha value is -2.36. The molecule has 0 aliphatic carbocycles. The average Bonchev–Trinajstić information content (AvgIpc) is 2.76. The van der Waals surface area contributed by atoms with E-state index in [2.05, 4.69) is 0 Å². The Morgan fingerprint density at radius 2 is 2.00 bits per heavy atom. The van der Waals surface area contributed by atoms with Gasteiger partial charge in [-0.2, -0.15) is 0 Å². The van der Waals surface area contributed by atoms with Crippen LogP contribution in [0, 0.1) is 5.82 Å². The van der Waals surface area contributed by atoms with Crippen molar-refractivity contribution in [2.75, 3.05) is 0 Å². The first-order valence-corrected chi connectivity index (χ1v) is 6.75. The minimum Gasteiger partial charge on any atom is -0.487 e. The molecule has 1 aliphatic heterocycles. The van der Waals surface area contributed by atoms with E-state index in [1.807, 2.05) is 6.92 Å². The van der Waals surface area contributed by atoms with Crippen LogP contribution in [0.5, 0.6) is 5.75 Å². The molecule has 1 aliphatic rings. The zero-order valence-electron chi connectivity index (χ0n) is 11.6. The highest BCUT2D eigenvalue weighted by Crippen LogP contribution is 2.37. The predicted molar refractivity (Wildman–Crippen MR) is 76.2 cm³/mol. The number of benzene rings is 2. The molecule has 0 saturated heterocycles. The Morgan fingerprint density at radius 1 is 1.29 bits per heavy atom. The standard InChI is InChI=1S/C17H15FO3/c1-17(9-11-2-5-14(18)6-3-11)10-13-8-12(16(19)20)4-7-15(13)21-17/h2-8H,9-10H2,1H3,(H,19,20)/t17-/m0/s1. The van der Waals surface area contributed by atoms with Crippen LogP contribution in [0.4, 0.5) is 4.39 Å². The molecule has 21 heavy (non-hydrogen) atoms. The SMILES string of the molecule is C[C@]1(Cc2ccc(F)cc2)Cc2cc(C(=O)O)ccc2O1. The van der Waals surface area contributed by atoms with Gasteiger partial charge >= 0.3 is 5.97 Å². The van der Waals surface area contributed by atoms with Gasteiger partial charge in [0, 0.05) is 12.8 Å². The molecule has 0 spiro atoms. The quantitative estimate of drug-likeness (QED) is 0.940. The number of carboxylic acid groups (broad SMARTS) is 1. The van der Waals surface area contributed by atoms with Gasteiger partial charge in [0.25, 0.3) is 0 Å². The molecular weight excluding hydrogens is 271 g/mol. The van der Waals surface area contributed by atoms with Crippen LogP contribution in [0.3, 0.4) is 0 Å². The fraction of sp³-hybridized carbons (Fsp3) is 0.235. The molecule has 0 amide bonds. The number of fused-ring (bicyclic) bond motifs is 1. The first-order valence-electron chi connectivity index (χ1n) is 6.75. The third kappa shape index (κ3) is 2.75. The third-order valence-corrected chi connectivity index (χ3v) is 3.72. The third-order valence-electron chi connectivity index (χ3n) is 3.72. The van der Waals surface area contributed by atoms with Crippen LogP contribution in [0.15, 0.2) is 42.5 Å². The zero-order valence-corrected chi connectivity index (χ0v) is 11.6. The van der Waals surface area contributed by atoms with Crippen LogP contribution in [0.25, 0.3) is 0 Å². The van der Waals surface area contributed by atoms with Crippen molar-refractivity contribution < 1.29 is 19.0 Å². The largest absolute Gasteiger partial charge is 0.487 e. The van der Waals surface area contributed by atoms with Crippen LogP contribution >= 0.6 is 0 Å². The van der Waals surface area contributed by atoms with Gasteiger partial charge in [0.2, 0.25) is 0 Å². The van der Waals surface area contributed by atoms with Gasteiger partial charge in [-0.05, 0) is 48.4 Å². The van der Waals surface area contributed by atoms with Gasteiger partial charge < -0.3 is 9.84 Å². The molecule has 0 saturated carbocycles. The fourth-order valence-electron chi connectivity index (χ4n) is 2.79. The van der Waals surface area contributed by atoms with Gasteiger partial charge in [-0.3, -0.25) is 0 Å². The maximum Gasteiger partial charge on any atom is 0.335 e. The van der Waals surface area contributed by atoms with Crippen molar-refractivity contribution >= 4 is 5.97 Å². The Balaban J connectivity index is 1.82. The lowest BCUT2D eigenvalue weighted by atomic mass is 9.91. The summed E-state index contributed by atoms with van der Waals surface area (Å²) in [4.78, 5) is 11.0. The summed E-state index contributed by atoms with van der Waals surface area (Å²) in [5.41, 5.74) is 1.73. The maximum atomic E-state index is 12.9. The van der Waals surface area contributed by atoms with Gasteiger partial charge in [0.1, 0.15) is 17.2 Å². The minimum absolute atomic E-state index is 0.259. The normalized spacial score (nSPS) is 19.9. The summed E-state index contributed by atoms with van der Waals surface area (Å²) >= 11 is 0. The van der Waals surface area contributed by atoms with Crippen LogP contribution in [0.1, 0.15) is 28.4 Å². The average molecular weight is 286 g/mol. The lowest BCUT2D eigenvalue weighted by Crippen LogP contribution is -2.32. The van der Waals surface area contributed by atoms with Crippen molar-refractivity contribution in [2.45, 2.75) is 25.4 Å². The first-order chi connectivity index (χ1) is 9.95. The maximum absolute atomic E-state index is 12.9. The number of carboxylic acids is 1. The molecule has 1 heterocycles. The summed E-state index contributed by atoms with van der Waals surface area (Å²) < 4.78 is 18.9. The lowest BCUT2D eigenvalue weighted by Gasteiger charge is -2.24. The van der Waals surface area contributed by atoms with Crippen LogP contribution in [0.2, 0.25) is 0 Å². The molecule has 3 rings (SSSR count). The number of ether oxygens (including phenoxy) is 1. The number of rotatable bonds is 3. The van der Waals surface area contributed by atoms with E-state index in [1.165, 1.54) is 12.1 Å². The van der Waals surface area contributed by atoms with E-state index in [0.717, 1.165) is 16.9 Å². The highest BCUT2D eigenvalue weighted by Gasteiger charge is 2.35. The molecule has 0 aromatic heterocycles. The molecular formula is C17H15FO3. The molecule has 0 bridgehead atoms. The van der Waals surface area contributed by atoms with E-state index in [1.54, 1.807) is 30.3 Å². The van der Waals surface area contributed by atoms with Crippen molar-refractivity contribution in [2.24, 2.45) is 0 Å². The van der Waals surface area contributed by atoms with Crippen molar-refractivity contribution in [1.29, 1.82) is 0 Å². The molecule has 0 fully saturated rings. The number of halogens is 1. The van der Waals surface area contributed by atoms with Gasteiger partial charge in [-0.1, -0.05) is 12.1 Å². The Kier molecular flexibility index (Phi) is 3.16. The Bertz CT molecular complexity index is 694. The second kappa shape index (κ2) is 4.88. The molecule has 2 aromatic carbocycles. The van der Waals surface area contributed by atoms with E-state index in [0.29, 0.717) is 12.8 Å². The molecule has 0 unspecified atom stereocenters. The fourth-order valence-corrected chi connectivity index (χ4v) is 2.79. The molecule has 3 nitrogen and oxygen atoms in total. The number of aromatic carboxylic acids is 1. The second-order valence-corrected chi connectivity index (χ2v) is 5.66. The monoisotopic (exact) mass is 286 g/mol. The molecule has 0 radical (unpaired) electrons. The zero-order chi connectivity index (χ0) is 15.0. The van der Waals surface area contributed by atoms with E-state index in [-0.39, 0.29) is 11.4 Å². The smallest absolute Gasteiger partial charge is 0.335 e. The van der Waals surface area contributed by atoms with Crippen molar-refractivity contribution in [3.05, 3.63) is 65.0 Å². The second-order valence-electron chi connectivity index (χ2n) is 5.66. The minimum atomic E-state index is -0.940. The van der Waals surface area contributed by atoms with Crippen molar-refractivity contribution in [3.8, 4) is 5.75 Å². The van der Waals surface area contributed by atoms with Gasteiger partial charge in [-0.15, -0.1) is 0 Å². The summed E-state index contributed by atoms with van der Waals surface area (Å²) in [5, 5.41) is 9.03. The molecule has 108 valence electrons. The van der Waals surface area contributed by atoms with Crippen LogP contribution < -0.4 is 4.74 Å². The number of carbonyl (C=O) groups is 1. The Morgan fingerprint density at radius 3 is 2.67 bits per heavy atom. The predicted octanol–water partition coefficient (Wildman–Crippen LogP) is 3.46. The van der Waals surface area contributed by atoms with Crippen LogP contribution in [-0.4, -0.2) is 16.7 Å². The van der Waals surface area contributed by atoms with Gasteiger partial charge in [0.15, 0.2) is 0 Å². The van der Waals surface area contributed by atoms with E-state index < -0.39 is 11.6 Å². The summed E-state index contributed by atoms with van der Waals surface area (Å²) in [5.74, 6) is -0.472. The summed E-state index contributed by atoms with van der Waals surface area (Å²) in [6.45, 7) is 1.98. The molecule has 1 N–H and O–H groups in total. The lowest BCUT2D eigenvalue weighted by molar-refractivity contribution is 0.0696. The number of hydrogen-bond acceptors (Lipinski definition) is 2. The van der Waals surface area contributed by atoms with Gasteiger partial charge in [0.05, 0.1) is 5.56 Å². The Labute approximate surface area is 122 Å². The molecule has 4 heteroatoms. The first kappa shape index (κ1) is 13.6. The highest BCUT2D eigenvalue weighted by atomic mass is 19.1. The topological polar surface area (TPSA) is 46.5 Å².